The lowest BCUT2D eigenvalue weighted by Crippen LogP contribution is -1.89. The van der Waals surface area contributed by atoms with Gasteiger partial charge in [-0.3, -0.25) is 59.8 Å². The van der Waals surface area contributed by atoms with Crippen LogP contribution in [0.1, 0.15) is 176 Å². The van der Waals surface area contributed by atoms with E-state index in [1.54, 1.807) is 49.6 Å². The summed E-state index contributed by atoms with van der Waals surface area (Å²) in [6.45, 7) is 56.3. The Morgan fingerprint density at radius 3 is 1.23 bits per heavy atom. The minimum Gasteiger partial charge on any atom is -0.264 e. The van der Waals surface area contributed by atoms with Crippen LogP contribution in [0.5, 0.6) is 0 Å². The van der Waals surface area contributed by atoms with Gasteiger partial charge in [0.25, 0.3) is 0 Å². The van der Waals surface area contributed by atoms with Gasteiger partial charge in [0.15, 0.2) is 5.65 Å². The van der Waals surface area contributed by atoms with Crippen LogP contribution in [0, 0.1) is 96.9 Å². The van der Waals surface area contributed by atoms with Gasteiger partial charge in [0.2, 0.25) is 0 Å². The topological polar surface area (TPSA) is 180 Å². The van der Waals surface area contributed by atoms with Crippen LogP contribution in [0.4, 0.5) is 0 Å². The number of pyridine rings is 14. The molecule has 518 valence electrons. The van der Waals surface area contributed by atoms with E-state index in [9.17, 15) is 0 Å². The molecule has 0 atom stereocenters. The van der Waals surface area contributed by atoms with Gasteiger partial charge >= 0.3 is 0 Å². The Bertz CT molecular complexity index is 3770. The molecule has 14 heteroatoms. The number of hydrogen-bond donors (Lipinski definition) is 0. The SMILES string of the molecule is CC.CC.CC.CC.CC.CC.CC.Cc1cc(C)c2cccnc2n1.Cc1cc(C)c2ccncc2n1.Cc1cc(C)c2cnccc2n1.Cc1cc(C)c2ncccc2n1.Cc1cc2cccnc2c(C)n1.Cc1cc2ccncc2c(C)n1.Cc1cc2cnccc2c(C)n1. The maximum Gasteiger partial charge on any atom is 0.159 e. The van der Waals surface area contributed by atoms with Crippen LogP contribution in [0.15, 0.2) is 171 Å². The number of aryl methyl sites for hydroxylation is 14. The third kappa shape index (κ3) is 27.2. The lowest BCUT2D eigenvalue weighted by Gasteiger charge is -2.01. The van der Waals surface area contributed by atoms with Gasteiger partial charge in [-0.05, 0) is 222 Å². The van der Waals surface area contributed by atoms with Gasteiger partial charge < -0.3 is 0 Å². The van der Waals surface area contributed by atoms with Crippen molar-refractivity contribution in [3.05, 3.63) is 250 Å². The fourth-order valence-electron chi connectivity index (χ4n) is 9.86. The Kier molecular flexibility index (Phi) is 41.9. The van der Waals surface area contributed by atoms with Crippen molar-refractivity contribution in [3.63, 3.8) is 0 Å². The van der Waals surface area contributed by atoms with E-state index in [1.807, 2.05) is 239 Å². The second-order valence-electron chi connectivity index (χ2n) is 20.7. The summed E-state index contributed by atoms with van der Waals surface area (Å²) >= 11 is 0. The van der Waals surface area contributed by atoms with Crippen molar-refractivity contribution in [2.45, 2.75) is 194 Å². The second-order valence-corrected chi connectivity index (χ2v) is 20.7. The lowest BCUT2D eigenvalue weighted by molar-refractivity contribution is 1.13. The molecule has 0 radical (unpaired) electrons. The zero-order valence-electron chi connectivity index (χ0n) is 64.4. The van der Waals surface area contributed by atoms with Gasteiger partial charge in [0.05, 0.1) is 39.5 Å². The van der Waals surface area contributed by atoms with Gasteiger partial charge in [-0.2, -0.15) is 0 Å². The normalized spacial score (nSPS) is 9.43. The predicted molar refractivity (Wildman–Crippen MR) is 423 cm³/mol. The summed E-state index contributed by atoms with van der Waals surface area (Å²) in [6.07, 6.45) is 19.9. The second kappa shape index (κ2) is 47.8. The highest BCUT2D eigenvalue weighted by Gasteiger charge is 2.04. The summed E-state index contributed by atoms with van der Waals surface area (Å²) in [6, 6.07) is 34.3. The summed E-state index contributed by atoms with van der Waals surface area (Å²) < 4.78 is 0. The molecule has 0 aliphatic carbocycles. The van der Waals surface area contributed by atoms with Crippen molar-refractivity contribution in [1.29, 1.82) is 0 Å². The first-order valence-electron chi connectivity index (χ1n) is 34.7. The lowest BCUT2D eigenvalue weighted by atomic mass is 10.1. The van der Waals surface area contributed by atoms with Crippen LogP contribution in [-0.4, -0.2) is 69.8 Å². The Morgan fingerprint density at radius 1 is 0.224 bits per heavy atom. The van der Waals surface area contributed by atoms with Gasteiger partial charge in [0.1, 0.15) is 0 Å². The summed E-state index contributed by atoms with van der Waals surface area (Å²) in [4.78, 5) is 59.5. The molecule has 0 saturated heterocycles. The van der Waals surface area contributed by atoms with Crippen LogP contribution >= 0.6 is 0 Å². The van der Waals surface area contributed by atoms with E-state index in [4.69, 9.17) is 0 Å². The van der Waals surface area contributed by atoms with Crippen LogP contribution in [0.2, 0.25) is 0 Å². The van der Waals surface area contributed by atoms with E-state index in [0.717, 1.165) is 106 Å². The van der Waals surface area contributed by atoms with Crippen molar-refractivity contribution < 1.29 is 0 Å². The zero-order chi connectivity index (χ0) is 73.9. The Balaban J connectivity index is 0.000000554. The predicted octanol–water partition coefficient (Wildman–Crippen LogP) is 22.9. The Hall–Kier alpha value is -10.1. The first-order valence-corrected chi connectivity index (χ1v) is 34.7. The molecule has 14 rings (SSSR count). The van der Waals surface area contributed by atoms with Crippen LogP contribution in [-0.2, 0) is 0 Å². The van der Waals surface area contributed by atoms with Crippen molar-refractivity contribution in [1.82, 2.24) is 69.8 Å². The summed E-state index contributed by atoms with van der Waals surface area (Å²) in [7, 11) is 0. The fraction of sp³-hybridized carbons (Fsp3) is 0.333. The summed E-state index contributed by atoms with van der Waals surface area (Å²) in [5.41, 5.74) is 21.3. The molecule has 98 heavy (non-hydrogen) atoms. The molecule has 0 N–H and O–H groups in total. The third-order valence-electron chi connectivity index (χ3n) is 13.5. The van der Waals surface area contributed by atoms with Gasteiger partial charge in [0, 0.05) is 151 Å². The van der Waals surface area contributed by atoms with E-state index < -0.39 is 0 Å². The highest BCUT2D eigenvalue weighted by molar-refractivity contribution is 5.86. The molecule has 0 aliphatic rings. The van der Waals surface area contributed by atoms with E-state index >= 15 is 0 Å². The number of fused-ring (bicyclic) bond motifs is 7. The molecule has 14 aromatic rings. The molecular weight excluding hydrogens is 1210 g/mol. The Labute approximate surface area is 587 Å². The average molecular weight is 1320 g/mol. The van der Waals surface area contributed by atoms with Crippen LogP contribution < -0.4 is 0 Å². The summed E-state index contributed by atoms with van der Waals surface area (Å²) in [5, 5.41) is 9.36. The molecule has 14 aromatic heterocycles. The van der Waals surface area contributed by atoms with Crippen molar-refractivity contribution >= 4 is 76.3 Å². The highest BCUT2D eigenvalue weighted by atomic mass is 14.8. The molecule has 0 unspecified atom stereocenters. The quantitative estimate of drug-likeness (QED) is 0.140. The first kappa shape index (κ1) is 85.9. The van der Waals surface area contributed by atoms with Crippen LogP contribution in [0.25, 0.3) is 76.3 Å². The largest absolute Gasteiger partial charge is 0.264 e. The fourth-order valence-corrected chi connectivity index (χ4v) is 9.86. The minimum absolute atomic E-state index is 0.843. The monoisotopic (exact) mass is 1320 g/mol. The standard InChI is InChI=1S/7C10H10N2.7C2H6/c1-7-5-9-6-11-4-3-10(9)8(2)12-7;1-7-5-9-3-4-11-6-10(9)8(2)12-7;1-7-5-8(2)12-10-3-4-11-6-9(7)10;1-7-5-8(2)12-10-6-11-4-3-9(7)10;1-7-6-9-4-3-5-11-10(9)8(2)12-7;1-7-6-8(2)12-9-4-3-5-11-10(7)9;1-7-6-8(2)12-10-9(7)4-3-5-11-10;7*1-2/h7*3-6H,1-2H3;7*1-2H3. The van der Waals surface area contributed by atoms with E-state index in [0.29, 0.717) is 0 Å². The van der Waals surface area contributed by atoms with Crippen LogP contribution in [0.3, 0.4) is 0 Å². The van der Waals surface area contributed by atoms with E-state index in [-0.39, 0.29) is 0 Å². The van der Waals surface area contributed by atoms with Gasteiger partial charge in [-0.1, -0.05) is 103 Å². The number of rotatable bonds is 0. The number of hydrogen-bond acceptors (Lipinski definition) is 14. The van der Waals surface area contributed by atoms with E-state index in [2.05, 4.69) is 146 Å². The molecule has 14 heterocycles. The minimum atomic E-state index is 0.843. The highest BCUT2D eigenvalue weighted by Crippen LogP contribution is 2.21. The average Bonchev–Trinajstić information content (AvgIpc) is 0.915. The number of aromatic nitrogens is 14. The van der Waals surface area contributed by atoms with Gasteiger partial charge in [-0.25, -0.2) is 9.97 Å². The van der Waals surface area contributed by atoms with Gasteiger partial charge in [-0.15, -0.1) is 0 Å². The zero-order valence-corrected chi connectivity index (χ0v) is 64.4. The molecule has 0 aromatic carbocycles. The maximum atomic E-state index is 4.40. The van der Waals surface area contributed by atoms with Crippen molar-refractivity contribution in [3.8, 4) is 0 Å². The maximum absolute atomic E-state index is 4.40. The Morgan fingerprint density at radius 2 is 0.622 bits per heavy atom. The summed E-state index contributed by atoms with van der Waals surface area (Å²) in [5.74, 6) is 0. The van der Waals surface area contributed by atoms with Crippen molar-refractivity contribution in [2.24, 2.45) is 0 Å². The molecule has 0 spiro atoms. The molecule has 14 nitrogen and oxygen atoms in total. The van der Waals surface area contributed by atoms with Crippen molar-refractivity contribution in [2.75, 3.05) is 0 Å². The molecule has 0 bridgehead atoms. The molecule has 0 aliphatic heterocycles. The third-order valence-corrected chi connectivity index (χ3v) is 13.5. The number of nitrogens with zero attached hydrogens (tertiary/aromatic N) is 14. The van der Waals surface area contributed by atoms with E-state index in [1.165, 1.54) is 49.2 Å². The molecule has 0 saturated carbocycles. The smallest absolute Gasteiger partial charge is 0.159 e. The molecular formula is C84H112N14. The molecule has 0 fully saturated rings. The molecule has 0 amide bonds. The first-order chi connectivity index (χ1) is 47.4.